The Morgan fingerprint density at radius 3 is 2.62 bits per heavy atom. The van der Waals surface area contributed by atoms with Crippen molar-refractivity contribution in [3.05, 3.63) is 24.3 Å². The van der Waals surface area contributed by atoms with E-state index in [0.29, 0.717) is 18.0 Å². The van der Waals surface area contributed by atoms with Gasteiger partial charge in [0.05, 0.1) is 31.9 Å². The zero-order valence-corrected chi connectivity index (χ0v) is 13.9. The summed E-state index contributed by atoms with van der Waals surface area (Å²) in [5.41, 5.74) is 0.561. The maximum absolute atomic E-state index is 12.8. The first-order valence-electron chi connectivity index (χ1n) is 8.22. The topological polar surface area (TPSA) is 73.3 Å². The number of β-amino-alcohol motifs (C(OH)–C–C–N with tert-alkyl or cyclic N) is 1. The predicted octanol–water partition coefficient (Wildman–Crippen LogP) is -0.0630. The Bertz CT molecular complexity index is 614. The van der Waals surface area contributed by atoms with Crippen molar-refractivity contribution in [2.24, 2.45) is 0 Å². The number of ether oxygens (including phenoxy) is 1. The van der Waals surface area contributed by atoms with E-state index < -0.39 is 0 Å². The van der Waals surface area contributed by atoms with Gasteiger partial charge in [0.15, 0.2) is 0 Å². The summed E-state index contributed by atoms with van der Waals surface area (Å²) in [4.78, 5) is 30.7. The number of aliphatic hydroxyl groups is 1. The molecule has 3 rings (SSSR count). The van der Waals surface area contributed by atoms with E-state index in [0.717, 1.165) is 26.2 Å². The zero-order valence-electron chi connectivity index (χ0n) is 13.9. The quantitative estimate of drug-likeness (QED) is 0.761. The van der Waals surface area contributed by atoms with Crippen LogP contribution in [0.5, 0.6) is 5.75 Å². The Balaban J connectivity index is 1.70. The van der Waals surface area contributed by atoms with E-state index in [-0.39, 0.29) is 30.9 Å². The number of methoxy groups -OCH3 is 1. The molecular formula is C17H23N3O4. The molecule has 1 unspecified atom stereocenters. The van der Waals surface area contributed by atoms with Crippen molar-refractivity contribution in [2.45, 2.75) is 12.5 Å². The second kappa shape index (κ2) is 7.29. The van der Waals surface area contributed by atoms with Crippen LogP contribution in [0, 0.1) is 0 Å². The van der Waals surface area contributed by atoms with Crippen LogP contribution in [0.15, 0.2) is 24.3 Å². The summed E-state index contributed by atoms with van der Waals surface area (Å²) in [5.74, 6) is 0.286. The maximum atomic E-state index is 12.8. The van der Waals surface area contributed by atoms with Crippen LogP contribution in [-0.2, 0) is 9.59 Å². The average Bonchev–Trinajstić information content (AvgIpc) is 2.90. The molecule has 2 fully saturated rings. The van der Waals surface area contributed by atoms with E-state index in [1.807, 2.05) is 0 Å². The van der Waals surface area contributed by atoms with Gasteiger partial charge in [-0.3, -0.25) is 19.4 Å². The fraction of sp³-hybridized carbons (Fsp3) is 0.529. The number of nitrogens with zero attached hydrogens (tertiary/aromatic N) is 3. The number of benzene rings is 1. The van der Waals surface area contributed by atoms with Crippen LogP contribution in [0.3, 0.4) is 0 Å². The number of hydrogen-bond donors (Lipinski definition) is 1. The van der Waals surface area contributed by atoms with Crippen LogP contribution in [0.25, 0.3) is 0 Å². The average molecular weight is 333 g/mol. The summed E-state index contributed by atoms with van der Waals surface area (Å²) < 4.78 is 5.18. The first-order valence-corrected chi connectivity index (χ1v) is 8.22. The minimum Gasteiger partial charge on any atom is -0.497 e. The van der Waals surface area contributed by atoms with Gasteiger partial charge >= 0.3 is 0 Å². The summed E-state index contributed by atoms with van der Waals surface area (Å²) in [7, 11) is 1.56. The minimum absolute atomic E-state index is 0.143. The number of piperazine rings is 1. The molecular weight excluding hydrogens is 310 g/mol. The second-order valence-corrected chi connectivity index (χ2v) is 6.09. The zero-order chi connectivity index (χ0) is 17.1. The van der Waals surface area contributed by atoms with Gasteiger partial charge in [-0.1, -0.05) is 6.07 Å². The molecule has 0 aromatic heterocycles. The van der Waals surface area contributed by atoms with Gasteiger partial charge in [0.2, 0.25) is 5.91 Å². The van der Waals surface area contributed by atoms with Gasteiger partial charge in [-0.2, -0.15) is 0 Å². The van der Waals surface area contributed by atoms with Crippen LogP contribution in [0.4, 0.5) is 5.69 Å². The molecule has 0 aliphatic carbocycles. The SMILES string of the molecule is COc1cccc(N2C(=O)CC(N3CCN(CCO)CC3)C2=O)c1. The van der Waals surface area contributed by atoms with Gasteiger partial charge in [0.1, 0.15) is 5.75 Å². The molecule has 2 heterocycles. The third-order valence-corrected chi connectivity index (χ3v) is 4.70. The molecule has 1 aromatic carbocycles. The van der Waals surface area contributed by atoms with Crippen LogP contribution in [0.1, 0.15) is 6.42 Å². The Kier molecular flexibility index (Phi) is 5.13. The molecule has 2 saturated heterocycles. The monoisotopic (exact) mass is 333 g/mol. The largest absolute Gasteiger partial charge is 0.497 e. The number of amides is 2. The number of hydrogen-bond acceptors (Lipinski definition) is 6. The van der Waals surface area contributed by atoms with Crippen molar-refractivity contribution in [3.8, 4) is 5.75 Å². The standard InChI is InChI=1S/C17H23N3O4/c1-24-14-4-2-3-13(11-14)20-16(22)12-15(17(20)23)19-7-5-18(6-8-19)9-10-21/h2-4,11,15,21H,5-10,12H2,1H3. The normalized spacial score (nSPS) is 23.1. The molecule has 7 heteroatoms. The lowest BCUT2D eigenvalue weighted by Crippen LogP contribution is -2.52. The fourth-order valence-corrected chi connectivity index (χ4v) is 3.36. The molecule has 7 nitrogen and oxygen atoms in total. The number of aliphatic hydroxyl groups excluding tert-OH is 1. The highest BCUT2D eigenvalue weighted by Gasteiger charge is 2.43. The molecule has 1 atom stereocenters. The molecule has 0 spiro atoms. The first-order chi connectivity index (χ1) is 11.6. The van der Waals surface area contributed by atoms with Crippen molar-refractivity contribution in [3.63, 3.8) is 0 Å². The van der Waals surface area contributed by atoms with Crippen LogP contribution in [-0.4, -0.2) is 79.2 Å². The van der Waals surface area contributed by atoms with Gasteiger partial charge in [0, 0.05) is 38.8 Å². The molecule has 1 N–H and O–H groups in total. The highest BCUT2D eigenvalue weighted by atomic mass is 16.5. The fourth-order valence-electron chi connectivity index (χ4n) is 3.36. The molecule has 2 aliphatic rings. The maximum Gasteiger partial charge on any atom is 0.251 e. The van der Waals surface area contributed by atoms with Crippen LogP contribution >= 0.6 is 0 Å². The second-order valence-electron chi connectivity index (χ2n) is 6.09. The number of anilines is 1. The first kappa shape index (κ1) is 16.9. The number of carbonyl (C=O) groups excluding carboxylic acids is 2. The molecule has 2 aliphatic heterocycles. The van der Waals surface area contributed by atoms with Crippen molar-refractivity contribution >= 4 is 17.5 Å². The Hall–Kier alpha value is -1.96. The Labute approximate surface area is 141 Å². The third-order valence-electron chi connectivity index (χ3n) is 4.70. The number of carbonyl (C=O) groups is 2. The number of rotatable bonds is 5. The lowest BCUT2D eigenvalue weighted by molar-refractivity contribution is -0.123. The van der Waals surface area contributed by atoms with E-state index >= 15 is 0 Å². The smallest absolute Gasteiger partial charge is 0.251 e. The molecule has 2 amide bonds. The third kappa shape index (κ3) is 3.28. The van der Waals surface area contributed by atoms with Gasteiger partial charge in [-0.25, -0.2) is 4.90 Å². The van der Waals surface area contributed by atoms with E-state index in [2.05, 4.69) is 9.80 Å². The lowest BCUT2D eigenvalue weighted by Gasteiger charge is -2.36. The Morgan fingerprint density at radius 2 is 1.96 bits per heavy atom. The summed E-state index contributed by atoms with van der Waals surface area (Å²) in [6, 6.07) is 6.62. The van der Waals surface area contributed by atoms with Crippen LogP contribution in [0.2, 0.25) is 0 Å². The number of imide groups is 1. The van der Waals surface area contributed by atoms with Gasteiger partial charge in [-0.15, -0.1) is 0 Å². The molecule has 0 bridgehead atoms. The van der Waals surface area contributed by atoms with Crippen molar-refractivity contribution in [1.82, 2.24) is 9.80 Å². The van der Waals surface area contributed by atoms with E-state index in [9.17, 15) is 9.59 Å². The van der Waals surface area contributed by atoms with Crippen LogP contribution < -0.4 is 9.64 Å². The summed E-state index contributed by atoms with van der Waals surface area (Å²) in [5, 5.41) is 9.01. The van der Waals surface area contributed by atoms with Gasteiger partial charge < -0.3 is 9.84 Å². The highest BCUT2D eigenvalue weighted by Crippen LogP contribution is 2.28. The van der Waals surface area contributed by atoms with E-state index in [1.165, 1.54) is 4.90 Å². The van der Waals surface area contributed by atoms with Crippen molar-refractivity contribution < 1.29 is 19.4 Å². The van der Waals surface area contributed by atoms with Gasteiger partial charge in [-0.05, 0) is 12.1 Å². The summed E-state index contributed by atoms with van der Waals surface area (Å²) in [6.07, 6.45) is 0.218. The highest BCUT2D eigenvalue weighted by molar-refractivity contribution is 6.22. The molecule has 0 radical (unpaired) electrons. The predicted molar refractivity (Wildman–Crippen MR) is 89.0 cm³/mol. The van der Waals surface area contributed by atoms with E-state index in [4.69, 9.17) is 9.84 Å². The Morgan fingerprint density at radius 1 is 1.21 bits per heavy atom. The molecule has 130 valence electrons. The van der Waals surface area contributed by atoms with Crippen molar-refractivity contribution in [2.75, 3.05) is 51.3 Å². The van der Waals surface area contributed by atoms with Gasteiger partial charge in [0.25, 0.3) is 5.91 Å². The summed E-state index contributed by atoms with van der Waals surface area (Å²) in [6.45, 7) is 3.87. The molecule has 24 heavy (non-hydrogen) atoms. The minimum atomic E-state index is -0.389. The summed E-state index contributed by atoms with van der Waals surface area (Å²) >= 11 is 0. The molecule has 0 saturated carbocycles. The van der Waals surface area contributed by atoms with Crippen molar-refractivity contribution in [1.29, 1.82) is 0 Å². The molecule has 1 aromatic rings. The van der Waals surface area contributed by atoms with E-state index in [1.54, 1.807) is 31.4 Å². The lowest BCUT2D eigenvalue weighted by atomic mass is 10.1.